The second-order valence-electron chi connectivity index (χ2n) is 11.9. The number of anilines is 3. The molecule has 2 aromatic carbocycles. The van der Waals surface area contributed by atoms with Gasteiger partial charge in [0.05, 0.1) is 36.2 Å². The van der Waals surface area contributed by atoms with Gasteiger partial charge in [0.2, 0.25) is 0 Å². The highest BCUT2D eigenvalue weighted by molar-refractivity contribution is 6.01. The average molecular weight is 691 g/mol. The Kier molecular flexibility index (Phi) is 9.62. The van der Waals surface area contributed by atoms with Crippen molar-refractivity contribution in [1.29, 1.82) is 0 Å². The number of carbonyl (C=O) groups excluding carboxylic acids is 3. The third-order valence-corrected chi connectivity index (χ3v) is 7.17. The van der Waals surface area contributed by atoms with Crippen molar-refractivity contribution < 1.29 is 45.8 Å². The molecular weight excluding hydrogens is 659 g/mol. The van der Waals surface area contributed by atoms with Crippen LogP contribution in [0.25, 0.3) is 16.6 Å². The van der Waals surface area contributed by atoms with Crippen molar-refractivity contribution >= 4 is 40.7 Å². The number of ether oxygens (including phenoxy) is 2. The summed E-state index contributed by atoms with van der Waals surface area (Å²) >= 11 is 0. The topological polar surface area (TPSA) is 165 Å². The molecule has 0 aliphatic carbocycles. The lowest BCUT2D eigenvalue weighted by Gasteiger charge is -2.34. The Bertz CT molecular complexity index is 1910. The maximum atomic E-state index is 15.2. The summed E-state index contributed by atoms with van der Waals surface area (Å²) in [7, 11) is 0. The molecule has 49 heavy (non-hydrogen) atoms. The van der Waals surface area contributed by atoms with E-state index in [1.54, 1.807) is 20.8 Å². The van der Waals surface area contributed by atoms with Gasteiger partial charge in [-0.25, -0.2) is 27.9 Å². The lowest BCUT2D eigenvalue weighted by atomic mass is 10.1. The fourth-order valence-electron chi connectivity index (χ4n) is 4.94. The standard InChI is InChI=1S/C31H31F5N8O5/c1-30(2,3)49-29(47)43-8-9-48-18(14-43)13-38-27(45)24-12-19(25-26(37)39-15-40-44(24)25)16-4-7-22(21(33)10-16)41-28(46)42-23-11-17(31(34,35)36)5-6-20(23)32/h4-7,10-12,15,18H,8-9,13-14H2,1-3H3,(H,38,45)(H2,37,39,40)(H2,41,42,46). The quantitative estimate of drug-likeness (QED) is 0.198. The first kappa shape index (κ1) is 34.8. The van der Waals surface area contributed by atoms with Crippen LogP contribution in [0.1, 0.15) is 36.8 Å². The SMILES string of the molecule is CC(C)(C)OC(=O)N1CCOC(CNC(=O)c2cc(-c3ccc(NC(=O)Nc4cc(C(F)(F)F)ccc4F)c(F)c3)c3c(N)ncnn23)C1. The summed E-state index contributed by atoms with van der Waals surface area (Å²) in [6.45, 7) is 6.04. The van der Waals surface area contributed by atoms with Crippen LogP contribution in [-0.2, 0) is 15.7 Å². The number of rotatable bonds is 6. The predicted octanol–water partition coefficient (Wildman–Crippen LogP) is 5.29. The molecule has 13 nitrogen and oxygen atoms in total. The third kappa shape index (κ3) is 8.14. The molecule has 1 aliphatic heterocycles. The second-order valence-corrected chi connectivity index (χ2v) is 11.9. The van der Waals surface area contributed by atoms with Crippen LogP contribution in [0.3, 0.4) is 0 Å². The molecule has 0 radical (unpaired) electrons. The first-order valence-corrected chi connectivity index (χ1v) is 14.7. The Balaban J connectivity index is 1.31. The van der Waals surface area contributed by atoms with Crippen LogP contribution < -0.4 is 21.7 Å². The maximum Gasteiger partial charge on any atom is 0.416 e. The molecule has 4 aromatic rings. The molecule has 0 bridgehead atoms. The number of nitrogens with two attached hydrogens (primary N) is 1. The number of morpholine rings is 1. The monoisotopic (exact) mass is 690 g/mol. The number of nitrogen functional groups attached to an aromatic ring is 1. The summed E-state index contributed by atoms with van der Waals surface area (Å²) in [5.74, 6) is -2.72. The molecule has 3 heterocycles. The van der Waals surface area contributed by atoms with Crippen molar-refractivity contribution in [3.8, 4) is 11.1 Å². The molecule has 5 N–H and O–H groups in total. The summed E-state index contributed by atoms with van der Waals surface area (Å²) in [6.07, 6.45) is -4.69. The molecule has 5 rings (SSSR count). The zero-order valence-corrected chi connectivity index (χ0v) is 26.3. The zero-order chi connectivity index (χ0) is 35.7. The molecule has 4 amide bonds. The Morgan fingerprint density at radius 2 is 1.76 bits per heavy atom. The normalized spacial score (nSPS) is 15.2. The fourth-order valence-corrected chi connectivity index (χ4v) is 4.94. The lowest BCUT2D eigenvalue weighted by molar-refractivity contribution is -0.137. The summed E-state index contributed by atoms with van der Waals surface area (Å²) in [4.78, 5) is 43.7. The van der Waals surface area contributed by atoms with Crippen molar-refractivity contribution in [2.24, 2.45) is 0 Å². The number of nitrogens with zero attached hydrogens (tertiary/aromatic N) is 4. The van der Waals surface area contributed by atoms with E-state index in [0.717, 1.165) is 18.5 Å². The Morgan fingerprint density at radius 1 is 1.02 bits per heavy atom. The molecule has 18 heteroatoms. The van der Waals surface area contributed by atoms with E-state index in [2.05, 4.69) is 20.7 Å². The summed E-state index contributed by atoms with van der Waals surface area (Å²) < 4.78 is 80.7. The Labute approximate surface area is 275 Å². The minimum Gasteiger partial charge on any atom is -0.444 e. The number of hydrogen-bond donors (Lipinski definition) is 4. The van der Waals surface area contributed by atoms with Gasteiger partial charge in [-0.05, 0) is 62.7 Å². The van der Waals surface area contributed by atoms with Gasteiger partial charge >= 0.3 is 18.3 Å². The highest BCUT2D eigenvalue weighted by Gasteiger charge is 2.32. The number of carbonyl (C=O) groups is 3. The van der Waals surface area contributed by atoms with Gasteiger partial charge in [-0.3, -0.25) is 4.79 Å². The lowest BCUT2D eigenvalue weighted by Crippen LogP contribution is -2.50. The van der Waals surface area contributed by atoms with Gasteiger partial charge in [0.15, 0.2) is 5.82 Å². The van der Waals surface area contributed by atoms with Gasteiger partial charge < -0.3 is 36.1 Å². The summed E-state index contributed by atoms with van der Waals surface area (Å²) in [5, 5.41) is 10.9. The van der Waals surface area contributed by atoms with Crippen LogP contribution in [0.4, 0.5) is 48.7 Å². The maximum absolute atomic E-state index is 15.2. The van der Waals surface area contributed by atoms with Crippen molar-refractivity contribution in [3.63, 3.8) is 0 Å². The molecular formula is C31H31F5N8O5. The number of aromatic nitrogens is 3. The molecule has 1 atom stereocenters. The number of alkyl halides is 3. The second kappa shape index (κ2) is 13.5. The molecule has 260 valence electrons. The summed E-state index contributed by atoms with van der Waals surface area (Å²) in [5.41, 5.74) is 3.75. The molecule has 1 fully saturated rings. The van der Waals surface area contributed by atoms with E-state index in [9.17, 15) is 31.9 Å². The van der Waals surface area contributed by atoms with E-state index in [0.29, 0.717) is 24.7 Å². The van der Waals surface area contributed by atoms with Gasteiger partial charge in [0.1, 0.15) is 34.8 Å². The predicted molar refractivity (Wildman–Crippen MR) is 167 cm³/mol. The molecule has 1 aliphatic rings. The molecule has 0 saturated carbocycles. The smallest absolute Gasteiger partial charge is 0.416 e. The van der Waals surface area contributed by atoms with E-state index >= 15 is 4.39 Å². The van der Waals surface area contributed by atoms with Gasteiger partial charge in [-0.1, -0.05) is 6.07 Å². The molecule has 1 unspecified atom stereocenters. The Hall–Kier alpha value is -5.52. The van der Waals surface area contributed by atoms with E-state index in [4.69, 9.17) is 15.2 Å². The van der Waals surface area contributed by atoms with Crippen molar-refractivity contribution in [2.75, 3.05) is 42.6 Å². The van der Waals surface area contributed by atoms with Gasteiger partial charge in [0, 0.05) is 18.7 Å². The average Bonchev–Trinajstić information content (AvgIpc) is 3.42. The van der Waals surface area contributed by atoms with Crippen LogP contribution in [0, 0.1) is 11.6 Å². The van der Waals surface area contributed by atoms with Gasteiger partial charge in [-0.2, -0.15) is 18.3 Å². The minimum atomic E-state index is -4.78. The van der Waals surface area contributed by atoms with Crippen LogP contribution in [-0.4, -0.2) is 75.5 Å². The number of benzene rings is 2. The van der Waals surface area contributed by atoms with Crippen molar-refractivity contribution in [3.05, 3.63) is 71.7 Å². The minimum absolute atomic E-state index is 0.0176. The highest BCUT2D eigenvalue weighted by atomic mass is 19.4. The number of nitrogens with one attached hydrogen (secondary N) is 3. The van der Waals surface area contributed by atoms with Gasteiger partial charge in [0.25, 0.3) is 5.91 Å². The van der Waals surface area contributed by atoms with Crippen LogP contribution in [0.5, 0.6) is 0 Å². The first-order chi connectivity index (χ1) is 23.0. The number of hydrogen-bond acceptors (Lipinski definition) is 8. The third-order valence-electron chi connectivity index (χ3n) is 7.17. The summed E-state index contributed by atoms with van der Waals surface area (Å²) in [6, 6.07) is 5.24. The van der Waals surface area contributed by atoms with Gasteiger partial charge in [-0.15, -0.1) is 0 Å². The van der Waals surface area contributed by atoms with E-state index in [-0.39, 0.29) is 53.5 Å². The highest BCUT2D eigenvalue weighted by Crippen LogP contribution is 2.34. The fraction of sp³-hybridized carbons (Fsp3) is 0.323. The van der Waals surface area contributed by atoms with Crippen LogP contribution in [0.15, 0.2) is 48.8 Å². The Morgan fingerprint density at radius 3 is 2.45 bits per heavy atom. The number of amides is 4. The number of halogens is 5. The number of urea groups is 1. The largest absolute Gasteiger partial charge is 0.444 e. The number of fused-ring (bicyclic) bond motifs is 1. The molecule has 2 aromatic heterocycles. The van der Waals surface area contributed by atoms with Crippen LogP contribution >= 0.6 is 0 Å². The van der Waals surface area contributed by atoms with E-state index in [1.165, 1.54) is 21.5 Å². The molecule has 0 spiro atoms. The first-order valence-electron chi connectivity index (χ1n) is 14.7. The van der Waals surface area contributed by atoms with Crippen molar-refractivity contribution in [1.82, 2.24) is 24.8 Å². The van der Waals surface area contributed by atoms with E-state index in [1.807, 2.05) is 5.32 Å². The zero-order valence-electron chi connectivity index (χ0n) is 26.3. The molecule has 1 saturated heterocycles. The van der Waals surface area contributed by atoms with E-state index < -0.39 is 58.8 Å². The van der Waals surface area contributed by atoms with Crippen molar-refractivity contribution in [2.45, 2.75) is 38.7 Å². The van der Waals surface area contributed by atoms with Crippen LogP contribution in [0.2, 0.25) is 0 Å².